The van der Waals surface area contributed by atoms with Gasteiger partial charge in [-0.3, -0.25) is 0 Å². The molecule has 0 atom stereocenters. The van der Waals surface area contributed by atoms with Crippen molar-refractivity contribution < 1.29 is 8.78 Å². The van der Waals surface area contributed by atoms with Gasteiger partial charge in [0.1, 0.15) is 0 Å². The largest absolute Gasteiger partial charge is 0.310 e. The van der Waals surface area contributed by atoms with Gasteiger partial charge in [0.25, 0.3) is 5.92 Å². The van der Waals surface area contributed by atoms with Crippen molar-refractivity contribution in [2.45, 2.75) is 5.92 Å². The van der Waals surface area contributed by atoms with Crippen LogP contribution in [0.3, 0.4) is 0 Å². The summed E-state index contributed by atoms with van der Waals surface area (Å²) in [4.78, 5) is 0. The van der Waals surface area contributed by atoms with E-state index in [4.69, 9.17) is 0 Å². The second-order valence-corrected chi connectivity index (χ2v) is 2.21. The molecule has 0 aromatic heterocycles. The van der Waals surface area contributed by atoms with E-state index in [2.05, 4.69) is 10.6 Å². The van der Waals surface area contributed by atoms with Crippen LogP contribution in [0.15, 0.2) is 0 Å². The highest BCUT2D eigenvalue weighted by Gasteiger charge is 2.28. The van der Waals surface area contributed by atoms with Crippen molar-refractivity contribution in [2.24, 2.45) is 0 Å². The number of nitrogens with one attached hydrogen (secondary N) is 2. The average molecular weight is 173 g/mol. The maximum Gasteiger partial charge on any atom is 0.272 e. The molecule has 1 fully saturated rings. The van der Waals surface area contributed by atoms with Crippen LogP contribution in [-0.4, -0.2) is 32.1 Å². The van der Waals surface area contributed by atoms with Crippen LogP contribution >= 0.6 is 12.4 Å². The molecule has 62 valence electrons. The van der Waals surface area contributed by atoms with Gasteiger partial charge >= 0.3 is 0 Å². The SMILES string of the molecule is Cl.FC1(F)CNCCNC1. The minimum atomic E-state index is -2.56. The molecule has 0 aliphatic carbocycles. The van der Waals surface area contributed by atoms with Crippen molar-refractivity contribution in [3.05, 3.63) is 0 Å². The van der Waals surface area contributed by atoms with Gasteiger partial charge in [-0.25, -0.2) is 8.78 Å². The lowest BCUT2D eigenvalue weighted by atomic mass is 10.3. The molecule has 10 heavy (non-hydrogen) atoms. The third-order valence-electron chi connectivity index (χ3n) is 1.25. The fourth-order valence-electron chi connectivity index (χ4n) is 0.782. The molecular weight excluding hydrogens is 162 g/mol. The van der Waals surface area contributed by atoms with Crippen LogP contribution in [0.1, 0.15) is 0 Å². The highest BCUT2D eigenvalue weighted by atomic mass is 35.5. The van der Waals surface area contributed by atoms with Gasteiger partial charge in [0.15, 0.2) is 0 Å². The van der Waals surface area contributed by atoms with Gasteiger partial charge in [0.05, 0.1) is 13.1 Å². The number of hydrogen-bond acceptors (Lipinski definition) is 2. The van der Waals surface area contributed by atoms with Crippen molar-refractivity contribution >= 4 is 12.4 Å². The quantitative estimate of drug-likeness (QED) is 0.547. The molecule has 0 amide bonds. The monoisotopic (exact) mass is 172 g/mol. The Labute approximate surface area is 64.8 Å². The van der Waals surface area contributed by atoms with Crippen molar-refractivity contribution in [2.75, 3.05) is 26.2 Å². The van der Waals surface area contributed by atoms with Gasteiger partial charge in [-0.1, -0.05) is 0 Å². The summed E-state index contributed by atoms with van der Waals surface area (Å²) in [5.74, 6) is -2.56. The van der Waals surface area contributed by atoms with Crippen LogP contribution in [0, 0.1) is 0 Å². The first-order chi connectivity index (χ1) is 4.21. The van der Waals surface area contributed by atoms with Gasteiger partial charge in [-0.2, -0.15) is 0 Å². The Morgan fingerprint density at radius 3 is 1.80 bits per heavy atom. The molecule has 2 N–H and O–H groups in total. The molecule has 1 saturated heterocycles. The molecule has 1 aliphatic rings. The lowest BCUT2D eigenvalue weighted by Gasteiger charge is -2.11. The van der Waals surface area contributed by atoms with Crippen molar-refractivity contribution in [1.82, 2.24) is 10.6 Å². The Morgan fingerprint density at radius 1 is 1.00 bits per heavy atom. The first-order valence-corrected chi connectivity index (χ1v) is 3.00. The summed E-state index contributed by atoms with van der Waals surface area (Å²) < 4.78 is 24.7. The lowest BCUT2D eigenvalue weighted by molar-refractivity contribution is 0.0104. The number of alkyl halides is 2. The minimum Gasteiger partial charge on any atom is -0.310 e. The van der Waals surface area contributed by atoms with Gasteiger partial charge in [0.2, 0.25) is 0 Å². The molecule has 0 radical (unpaired) electrons. The highest BCUT2D eigenvalue weighted by Crippen LogP contribution is 2.10. The average Bonchev–Trinajstić information content (AvgIpc) is 1.92. The molecule has 5 heteroatoms. The molecule has 1 rings (SSSR count). The maximum absolute atomic E-state index is 12.3. The van der Waals surface area contributed by atoms with Gasteiger partial charge in [0, 0.05) is 13.1 Å². The second-order valence-electron chi connectivity index (χ2n) is 2.21. The van der Waals surface area contributed by atoms with E-state index in [9.17, 15) is 8.78 Å². The van der Waals surface area contributed by atoms with E-state index in [1.165, 1.54) is 0 Å². The zero-order valence-electron chi connectivity index (χ0n) is 5.49. The van der Waals surface area contributed by atoms with Gasteiger partial charge in [-0.05, 0) is 0 Å². The summed E-state index contributed by atoms with van der Waals surface area (Å²) in [6.07, 6.45) is 0. The Balaban J connectivity index is 0.000000810. The second kappa shape index (κ2) is 4.05. The predicted octanol–water partition coefficient (Wildman–Crippen LogP) is 0.236. The van der Waals surface area contributed by atoms with Gasteiger partial charge in [-0.15, -0.1) is 12.4 Å². The first-order valence-electron chi connectivity index (χ1n) is 3.00. The maximum atomic E-state index is 12.3. The van der Waals surface area contributed by atoms with E-state index in [1.54, 1.807) is 0 Å². The zero-order valence-corrected chi connectivity index (χ0v) is 6.31. The standard InChI is InChI=1S/C5H10F2N2.ClH/c6-5(7)3-8-1-2-9-4-5;/h8-9H,1-4H2;1H. The summed E-state index contributed by atoms with van der Waals surface area (Å²) in [7, 11) is 0. The first kappa shape index (κ1) is 10.1. The van der Waals surface area contributed by atoms with E-state index >= 15 is 0 Å². The number of rotatable bonds is 0. The van der Waals surface area contributed by atoms with E-state index in [0.29, 0.717) is 13.1 Å². The van der Waals surface area contributed by atoms with E-state index < -0.39 is 5.92 Å². The smallest absolute Gasteiger partial charge is 0.272 e. The molecule has 2 nitrogen and oxygen atoms in total. The molecule has 0 aromatic rings. The van der Waals surface area contributed by atoms with Gasteiger partial charge < -0.3 is 10.6 Å². The number of hydrogen-bond donors (Lipinski definition) is 2. The van der Waals surface area contributed by atoms with Crippen LogP contribution in [0.4, 0.5) is 8.78 Å². The number of halogens is 3. The van der Waals surface area contributed by atoms with Crippen LogP contribution in [0.5, 0.6) is 0 Å². The molecule has 0 saturated carbocycles. The summed E-state index contributed by atoms with van der Waals surface area (Å²) in [6, 6.07) is 0. The van der Waals surface area contributed by atoms with Crippen molar-refractivity contribution in [3.63, 3.8) is 0 Å². The molecular formula is C5H11ClF2N2. The minimum absolute atomic E-state index is 0. The zero-order chi connectivity index (χ0) is 6.74. The Hall–Kier alpha value is 0.0700. The third-order valence-corrected chi connectivity index (χ3v) is 1.25. The summed E-state index contributed by atoms with van der Waals surface area (Å²) in [5, 5.41) is 5.25. The molecule has 0 spiro atoms. The third kappa shape index (κ3) is 3.29. The fraction of sp³-hybridized carbons (Fsp3) is 1.00. The predicted molar refractivity (Wildman–Crippen MR) is 37.9 cm³/mol. The van der Waals surface area contributed by atoms with Crippen LogP contribution < -0.4 is 10.6 Å². The molecule has 0 unspecified atom stereocenters. The molecule has 1 heterocycles. The van der Waals surface area contributed by atoms with Crippen LogP contribution in [0.25, 0.3) is 0 Å². The Bertz CT molecular complexity index is 89.6. The Kier molecular flexibility index (Phi) is 4.08. The molecule has 1 aliphatic heterocycles. The fourth-order valence-corrected chi connectivity index (χ4v) is 0.782. The molecule has 0 bridgehead atoms. The summed E-state index contributed by atoms with van der Waals surface area (Å²) >= 11 is 0. The molecule has 0 aromatic carbocycles. The van der Waals surface area contributed by atoms with E-state index in [1.807, 2.05) is 0 Å². The Morgan fingerprint density at radius 2 is 1.40 bits per heavy atom. The van der Waals surface area contributed by atoms with Crippen molar-refractivity contribution in [1.29, 1.82) is 0 Å². The van der Waals surface area contributed by atoms with E-state index in [-0.39, 0.29) is 25.5 Å². The topological polar surface area (TPSA) is 24.1 Å². The van der Waals surface area contributed by atoms with Crippen LogP contribution in [0.2, 0.25) is 0 Å². The summed E-state index contributed by atoms with van der Waals surface area (Å²) in [6.45, 7) is 0.880. The lowest BCUT2D eigenvalue weighted by Crippen LogP contribution is -2.35. The highest BCUT2D eigenvalue weighted by molar-refractivity contribution is 5.85. The summed E-state index contributed by atoms with van der Waals surface area (Å²) in [5.41, 5.74) is 0. The van der Waals surface area contributed by atoms with Crippen molar-refractivity contribution in [3.8, 4) is 0 Å². The van der Waals surface area contributed by atoms with Crippen LogP contribution in [-0.2, 0) is 0 Å². The van der Waals surface area contributed by atoms with E-state index in [0.717, 1.165) is 0 Å². The normalized spacial score (nSPS) is 24.6.